The van der Waals surface area contributed by atoms with Crippen LogP contribution in [0.25, 0.3) is 0 Å². The number of carbonyl (C=O) groups excluding carboxylic acids is 4. The zero-order valence-corrected chi connectivity index (χ0v) is 18.8. The molecule has 184 valence electrons. The molecule has 1 heterocycles. The van der Waals surface area contributed by atoms with Gasteiger partial charge in [0, 0.05) is 18.3 Å². The van der Waals surface area contributed by atoms with Crippen LogP contribution in [0.1, 0.15) is 18.5 Å². The molecule has 33 heavy (non-hydrogen) atoms. The topological polar surface area (TPSA) is 243 Å². The lowest BCUT2D eigenvalue weighted by molar-refractivity contribution is -0.143. The Balaban J connectivity index is 3.00. The molecule has 0 aliphatic carbocycles. The molecule has 14 nitrogen and oxygen atoms in total. The first kappa shape index (κ1) is 27.9. The van der Waals surface area contributed by atoms with Gasteiger partial charge in [0.1, 0.15) is 18.1 Å². The van der Waals surface area contributed by atoms with Crippen molar-refractivity contribution in [3.8, 4) is 0 Å². The van der Waals surface area contributed by atoms with E-state index in [0.29, 0.717) is 17.9 Å². The van der Waals surface area contributed by atoms with Crippen LogP contribution in [0.15, 0.2) is 12.5 Å². The van der Waals surface area contributed by atoms with Gasteiger partial charge in [0.25, 0.3) is 0 Å². The number of thioether (sulfide) groups is 1. The molecule has 1 aromatic rings. The summed E-state index contributed by atoms with van der Waals surface area (Å²) in [6.07, 6.45) is 4.22. The van der Waals surface area contributed by atoms with Crippen molar-refractivity contribution < 1.29 is 34.2 Å². The SMILES string of the molecule is CSCCC(N)C(=O)NC(CC(N)=O)C(=O)NC(Cc1cnc[nH]1)C(=O)NC(CO)C(=O)O. The third kappa shape index (κ3) is 9.88. The maximum atomic E-state index is 12.8. The van der Waals surface area contributed by atoms with Gasteiger partial charge in [-0.05, 0) is 18.4 Å². The van der Waals surface area contributed by atoms with Gasteiger partial charge in [0.05, 0.1) is 25.4 Å². The number of aliphatic hydroxyl groups excluding tert-OH is 1. The molecule has 4 amide bonds. The number of carbonyl (C=O) groups is 5. The number of primary amides is 1. The quantitative estimate of drug-likeness (QED) is 0.121. The Morgan fingerprint density at radius 1 is 1.09 bits per heavy atom. The van der Waals surface area contributed by atoms with Gasteiger partial charge >= 0.3 is 5.97 Å². The number of imidazole rings is 1. The predicted octanol–water partition coefficient (Wildman–Crippen LogP) is -3.56. The second-order valence-corrected chi connectivity index (χ2v) is 8.03. The molecule has 4 unspecified atom stereocenters. The highest BCUT2D eigenvalue weighted by molar-refractivity contribution is 7.98. The van der Waals surface area contributed by atoms with E-state index in [1.165, 1.54) is 24.3 Å². The largest absolute Gasteiger partial charge is 0.480 e. The Morgan fingerprint density at radius 3 is 2.21 bits per heavy atom. The van der Waals surface area contributed by atoms with E-state index >= 15 is 0 Å². The molecule has 0 aliphatic heterocycles. The van der Waals surface area contributed by atoms with Crippen molar-refractivity contribution in [2.45, 2.75) is 43.4 Å². The number of hydrogen-bond acceptors (Lipinski definition) is 9. The van der Waals surface area contributed by atoms with Gasteiger partial charge in [-0.3, -0.25) is 19.2 Å². The number of hydrogen-bond donors (Lipinski definition) is 8. The fourth-order valence-corrected chi connectivity index (χ4v) is 3.11. The number of carboxylic acid groups (broad SMARTS) is 1. The number of nitrogens with two attached hydrogens (primary N) is 2. The van der Waals surface area contributed by atoms with Crippen molar-refractivity contribution in [2.24, 2.45) is 11.5 Å². The van der Waals surface area contributed by atoms with Crippen molar-refractivity contribution in [1.29, 1.82) is 0 Å². The predicted molar refractivity (Wildman–Crippen MR) is 118 cm³/mol. The Hall–Kier alpha value is -3.17. The van der Waals surface area contributed by atoms with Gasteiger partial charge in [-0.25, -0.2) is 9.78 Å². The fourth-order valence-electron chi connectivity index (χ4n) is 2.62. The smallest absolute Gasteiger partial charge is 0.328 e. The van der Waals surface area contributed by atoms with Crippen LogP contribution >= 0.6 is 11.8 Å². The first-order valence-electron chi connectivity index (χ1n) is 9.83. The fraction of sp³-hybridized carbons (Fsp3) is 0.556. The third-order valence-electron chi connectivity index (χ3n) is 4.42. The summed E-state index contributed by atoms with van der Waals surface area (Å²) in [6.45, 7) is -0.875. The van der Waals surface area contributed by atoms with E-state index in [1.54, 1.807) is 0 Å². The van der Waals surface area contributed by atoms with Crippen LogP contribution in [0.3, 0.4) is 0 Å². The number of aromatic amines is 1. The van der Waals surface area contributed by atoms with E-state index in [4.69, 9.17) is 21.7 Å². The average Bonchev–Trinajstić information content (AvgIpc) is 3.27. The molecule has 0 radical (unpaired) electrons. The van der Waals surface area contributed by atoms with E-state index in [9.17, 15) is 24.0 Å². The van der Waals surface area contributed by atoms with Crippen molar-refractivity contribution in [3.63, 3.8) is 0 Å². The number of nitrogens with zero attached hydrogens (tertiary/aromatic N) is 1. The van der Waals surface area contributed by atoms with E-state index in [0.717, 1.165) is 0 Å². The summed E-state index contributed by atoms with van der Waals surface area (Å²) in [5, 5.41) is 25.0. The zero-order valence-electron chi connectivity index (χ0n) is 17.9. The Kier molecular flexibility index (Phi) is 11.9. The van der Waals surface area contributed by atoms with Crippen LogP contribution in [0.5, 0.6) is 0 Å². The van der Waals surface area contributed by atoms with Crippen LogP contribution in [-0.2, 0) is 30.4 Å². The molecule has 0 aromatic carbocycles. The monoisotopic (exact) mass is 487 g/mol. The first-order valence-corrected chi connectivity index (χ1v) is 11.2. The number of carboxylic acids is 1. The molecule has 1 aromatic heterocycles. The first-order chi connectivity index (χ1) is 15.6. The third-order valence-corrected chi connectivity index (χ3v) is 5.06. The van der Waals surface area contributed by atoms with Gasteiger partial charge in [-0.2, -0.15) is 11.8 Å². The zero-order chi connectivity index (χ0) is 25.0. The number of amides is 4. The molecular weight excluding hydrogens is 458 g/mol. The molecule has 0 bridgehead atoms. The standard InChI is InChI=1S/C18H29N7O7S/c1-33-3-2-10(19)15(28)23-12(5-14(20)27)17(30)24-11(4-9-6-21-8-22-9)16(29)25-13(7-26)18(31)32/h6,8,10-13,26H,2-5,7,19H2,1H3,(H2,20,27)(H,21,22)(H,23,28)(H,24,30)(H,25,29)(H,31,32). The molecule has 0 aliphatic rings. The molecule has 0 fully saturated rings. The van der Waals surface area contributed by atoms with Gasteiger partial charge in [0.2, 0.25) is 23.6 Å². The summed E-state index contributed by atoms with van der Waals surface area (Å²) in [5.41, 5.74) is 11.4. The number of nitrogens with one attached hydrogen (secondary N) is 4. The van der Waals surface area contributed by atoms with E-state index in [1.807, 2.05) is 6.26 Å². The molecular formula is C18H29N7O7S. The van der Waals surface area contributed by atoms with Gasteiger partial charge in [-0.15, -0.1) is 0 Å². The number of H-pyrrole nitrogens is 1. The number of aromatic nitrogens is 2. The molecule has 15 heteroatoms. The summed E-state index contributed by atoms with van der Waals surface area (Å²) in [6, 6.07) is -5.27. The van der Waals surface area contributed by atoms with Crippen LogP contribution in [0.4, 0.5) is 0 Å². The minimum atomic E-state index is -1.60. The van der Waals surface area contributed by atoms with Crippen molar-refractivity contribution in [1.82, 2.24) is 25.9 Å². The second-order valence-electron chi connectivity index (χ2n) is 7.04. The van der Waals surface area contributed by atoms with Gasteiger partial charge in [0.15, 0.2) is 0 Å². The number of rotatable bonds is 15. The van der Waals surface area contributed by atoms with E-state index in [2.05, 4.69) is 25.9 Å². The normalized spacial score (nSPS) is 14.4. The second kappa shape index (κ2) is 14.1. The number of aliphatic carboxylic acids is 1. The van der Waals surface area contributed by atoms with Crippen molar-refractivity contribution in [2.75, 3.05) is 18.6 Å². The molecule has 0 saturated carbocycles. The summed E-state index contributed by atoms with van der Waals surface area (Å²) in [7, 11) is 0. The summed E-state index contributed by atoms with van der Waals surface area (Å²) in [4.78, 5) is 66.9. The highest BCUT2D eigenvalue weighted by Crippen LogP contribution is 2.04. The molecule has 0 spiro atoms. The highest BCUT2D eigenvalue weighted by atomic mass is 32.2. The Morgan fingerprint density at radius 2 is 1.70 bits per heavy atom. The summed E-state index contributed by atoms with van der Waals surface area (Å²) in [5.74, 6) is -4.26. The highest BCUT2D eigenvalue weighted by Gasteiger charge is 2.31. The van der Waals surface area contributed by atoms with E-state index in [-0.39, 0.29) is 6.42 Å². The van der Waals surface area contributed by atoms with Crippen molar-refractivity contribution in [3.05, 3.63) is 18.2 Å². The van der Waals surface area contributed by atoms with Crippen molar-refractivity contribution >= 4 is 41.4 Å². The van der Waals surface area contributed by atoms with Crippen LogP contribution in [-0.4, -0.2) is 92.6 Å². The maximum absolute atomic E-state index is 12.8. The lowest BCUT2D eigenvalue weighted by Gasteiger charge is -2.24. The molecule has 1 rings (SSSR count). The number of aliphatic hydroxyl groups is 1. The minimum absolute atomic E-state index is 0.125. The van der Waals surface area contributed by atoms with Crippen LogP contribution in [0.2, 0.25) is 0 Å². The van der Waals surface area contributed by atoms with Gasteiger partial charge < -0.3 is 42.6 Å². The molecule has 10 N–H and O–H groups in total. The Bertz CT molecular complexity index is 821. The summed E-state index contributed by atoms with van der Waals surface area (Å²) >= 11 is 1.48. The molecule has 0 saturated heterocycles. The lowest BCUT2D eigenvalue weighted by atomic mass is 10.1. The van der Waals surface area contributed by atoms with Crippen LogP contribution < -0.4 is 27.4 Å². The average molecular weight is 488 g/mol. The maximum Gasteiger partial charge on any atom is 0.328 e. The van der Waals surface area contributed by atoms with E-state index < -0.39 is 66.8 Å². The molecule has 4 atom stereocenters. The van der Waals surface area contributed by atoms with Crippen LogP contribution in [0, 0.1) is 0 Å². The lowest BCUT2D eigenvalue weighted by Crippen LogP contribution is -2.58. The van der Waals surface area contributed by atoms with Gasteiger partial charge in [-0.1, -0.05) is 0 Å². The Labute approximate surface area is 193 Å². The summed E-state index contributed by atoms with van der Waals surface area (Å²) < 4.78 is 0. The minimum Gasteiger partial charge on any atom is -0.480 e.